The lowest BCUT2D eigenvalue weighted by molar-refractivity contribution is 0.0340. The molecular formula is C17H23NO3. The van der Waals surface area contributed by atoms with Crippen molar-refractivity contribution in [1.29, 1.82) is 0 Å². The molecule has 1 aromatic heterocycles. The molecule has 0 spiro atoms. The highest BCUT2D eigenvalue weighted by molar-refractivity contribution is 5.28. The van der Waals surface area contributed by atoms with Crippen LogP contribution in [0.3, 0.4) is 0 Å². The largest absolute Gasteiger partial charge is 0.494 e. The minimum atomic E-state index is -1.01. The third-order valence-corrected chi connectivity index (χ3v) is 3.22. The molecule has 0 saturated carbocycles. The molecule has 1 aromatic carbocycles. The van der Waals surface area contributed by atoms with Gasteiger partial charge in [-0.3, -0.25) is 0 Å². The van der Waals surface area contributed by atoms with Crippen molar-refractivity contribution in [1.82, 2.24) is 5.32 Å². The van der Waals surface area contributed by atoms with Crippen molar-refractivity contribution < 1.29 is 14.3 Å². The molecule has 2 rings (SSSR count). The van der Waals surface area contributed by atoms with Crippen LogP contribution in [0.15, 0.2) is 47.1 Å². The molecule has 0 amide bonds. The molecule has 0 aliphatic carbocycles. The maximum Gasteiger partial charge on any atom is 0.136 e. The van der Waals surface area contributed by atoms with Crippen molar-refractivity contribution in [3.63, 3.8) is 0 Å². The molecule has 0 aliphatic rings. The van der Waals surface area contributed by atoms with E-state index < -0.39 is 5.60 Å². The number of rotatable bonds is 8. The summed E-state index contributed by atoms with van der Waals surface area (Å²) in [5.74, 6) is 1.45. The van der Waals surface area contributed by atoms with Crippen LogP contribution in [0, 0.1) is 0 Å². The van der Waals surface area contributed by atoms with Crippen LogP contribution in [0.1, 0.15) is 31.6 Å². The fourth-order valence-electron chi connectivity index (χ4n) is 2.09. The van der Waals surface area contributed by atoms with E-state index in [9.17, 15) is 5.11 Å². The Bertz CT molecular complexity index is 535. The Morgan fingerprint density at radius 1 is 1.29 bits per heavy atom. The molecule has 0 fully saturated rings. The molecule has 21 heavy (non-hydrogen) atoms. The maximum atomic E-state index is 10.3. The SMILES string of the molecule is CCCOc1cccc(CNCC(C)(O)c2ccco2)c1. The summed E-state index contributed by atoms with van der Waals surface area (Å²) < 4.78 is 10.9. The van der Waals surface area contributed by atoms with Crippen molar-refractivity contribution in [2.24, 2.45) is 0 Å². The summed E-state index contributed by atoms with van der Waals surface area (Å²) in [5.41, 5.74) is 0.110. The predicted molar refractivity (Wildman–Crippen MR) is 82.2 cm³/mol. The predicted octanol–water partition coefficient (Wildman–Crippen LogP) is 3.07. The number of furan rings is 1. The Kier molecular flexibility index (Phi) is 5.42. The Morgan fingerprint density at radius 2 is 2.14 bits per heavy atom. The fraction of sp³-hybridized carbons (Fsp3) is 0.412. The normalized spacial score (nSPS) is 13.9. The molecule has 2 N–H and O–H groups in total. The summed E-state index contributed by atoms with van der Waals surface area (Å²) in [7, 11) is 0. The topological polar surface area (TPSA) is 54.6 Å². The molecule has 0 bridgehead atoms. The van der Waals surface area contributed by atoms with Gasteiger partial charge in [0.25, 0.3) is 0 Å². The van der Waals surface area contributed by atoms with Crippen LogP contribution >= 0.6 is 0 Å². The van der Waals surface area contributed by atoms with Crippen LogP contribution in [0.2, 0.25) is 0 Å². The fourth-order valence-corrected chi connectivity index (χ4v) is 2.09. The van der Waals surface area contributed by atoms with Crippen molar-refractivity contribution in [2.75, 3.05) is 13.2 Å². The second-order valence-corrected chi connectivity index (χ2v) is 5.35. The number of benzene rings is 1. The number of ether oxygens (including phenoxy) is 1. The van der Waals surface area contributed by atoms with E-state index in [1.807, 2.05) is 24.3 Å². The van der Waals surface area contributed by atoms with Crippen LogP contribution in [0.25, 0.3) is 0 Å². The molecule has 114 valence electrons. The molecule has 1 unspecified atom stereocenters. The maximum absolute atomic E-state index is 10.3. The van der Waals surface area contributed by atoms with Crippen molar-refractivity contribution in [3.05, 3.63) is 54.0 Å². The summed E-state index contributed by atoms with van der Waals surface area (Å²) in [5, 5.41) is 13.6. The molecular weight excluding hydrogens is 266 g/mol. The van der Waals surface area contributed by atoms with Gasteiger partial charge in [-0.2, -0.15) is 0 Å². The summed E-state index contributed by atoms with van der Waals surface area (Å²) in [6.45, 7) is 5.63. The van der Waals surface area contributed by atoms with Gasteiger partial charge < -0.3 is 19.6 Å². The Labute approximate surface area is 125 Å². The smallest absolute Gasteiger partial charge is 0.136 e. The van der Waals surface area contributed by atoms with Gasteiger partial charge in [-0.1, -0.05) is 19.1 Å². The summed E-state index contributed by atoms with van der Waals surface area (Å²) >= 11 is 0. The molecule has 0 aliphatic heterocycles. The van der Waals surface area contributed by atoms with E-state index >= 15 is 0 Å². The third kappa shape index (κ3) is 4.62. The first kappa shape index (κ1) is 15.6. The zero-order valence-electron chi connectivity index (χ0n) is 12.6. The van der Waals surface area contributed by atoms with E-state index in [0.29, 0.717) is 18.8 Å². The van der Waals surface area contributed by atoms with Gasteiger partial charge in [-0.15, -0.1) is 0 Å². The highest BCUT2D eigenvalue weighted by atomic mass is 16.5. The number of hydrogen-bond donors (Lipinski definition) is 2. The highest BCUT2D eigenvalue weighted by Crippen LogP contribution is 2.20. The lowest BCUT2D eigenvalue weighted by Crippen LogP contribution is -2.34. The van der Waals surface area contributed by atoms with E-state index in [1.165, 1.54) is 0 Å². The van der Waals surface area contributed by atoms with Crippen LogP contribution in [0.5, 0.6) is 5.75 Å². The number of hydrogen-bond acceptors (Lipinski definition) is 4. The van der Waals surface area contributed by atoms with Gasteiger partial charge in [-0.25, -0.2) is 0 Å². The van der Waals surface area contributed by atoms with Crippen LogP contribution in [-0.4, -0.2) is 18.3 Å². The second kappa shape index (κ2) is 7.29. The summed E-state index contributed by atoms with van der Waals surface area (Å²) in [4.78, 5) is 0. The quantitative estimate of drug-likeness (QED) is 0.784. The van der Waals surface area contributed by atoms with Gasteiger partial charge in [0.15, 0.2) is 0 Å². The lowest BCUT2D eigenvalue weighted by atomic mass is 10.0. The van der Waals surface area contributed by atoms with E-state index in [2.05, 4.69) is 12.2 Å². The zero-order valence-corrected chi connectivity index (χ0v) is 12.6. The minimum absolute atomic E-state index is 0.417. The Hall–Kier alpha value is -1.78. The number of nitrogens with one attached hydrogen (secondary N) is 1. The second-order valence-electron chi connectivity index (χ2n) is 5.35. The van der Waals surface area contributed by atoms with E-state index in [1.54, 1.807) is 25.3 Å². The van der Waals surface area contributed by atoms with Gasteiger partial charge in [0.1, 0.15) is 17.1 Å². The summed E-state index contributed by atoms with van der Waals surface area (Å²) in [6.07, 6.45) is 2.56. The molecule has 0 saturated heterocycles. The van der Waals surface area contributed by atoms with Crippen LogP contribution in [0.4, 0.5) is 0 Å². The first-order chi connectivity index (χ1) is 10.1. The first-order valence-electron chi connectivity index (χ1n) is 7.30. The molecule has 2 aromatic rings. The zero-order chi connectivity index (χ0) is 15.1. The van der Waals surface area contributed by atoms with Crippen molar-refractivity contribution in [2.45, 2.75) is 32.4 Å². The Morgan fingerprint density at radius 3 is 2.86 bits per heavy atom. The highest BCUT2D eigenvalue weighted by Gasteiger charge is 2.25. The molecule has 4 heteroatoms. The van der Waals surface area contributed by atoms with Crippen molar-refractivity contribution >= 4 is 0 Å². The van der Waals surface area contributed by atoms with Gasteiger partial charge in [0, 0.05) is 13.1 Å². The average Bonchev–Trinajstić information content (AvgIpc) is 3.00. The van der Waals surface area contributed by atoms with Gasteiger partial charge >= 0.3 is 0 Å². The standard InChI is InChI=1S/C17H23NO3/c1-3-9-20-15-7-4-6-14(11-15)12-18-13-17(2,19)16-8-5-10-21-16/h4-8,10-11,18-19H,3,9,12-13H2,1-2H3. The molecule has 4 nitrogen and oxygen atoms in total. The van der Waals surface area contributed by atoms with Gasteiger partial charge in [0.05, 0.1) is 12.9 Å². The van der Waals surface area contributed by atoms with Crippen LogP contribution < -0.4 is 10.1 Å². The van der Waals surface area contributed by atoms with Gasteiger partial charge in [0.2, 0.25) is 0 Å². The van der Waals surface area contributed by atoms with Crippen LogP contribution in [-0.2, 0) is 12.1 Å². The Balaban J connectivity index is 1.86. The third-order valence-electron chi connectivity index (χ3n) is 3.22. The van der Waals surface area contributed by atoms with E-state index in [4.69, 9.17) is 9.15 Å². The monoisotopic (exact) mass is 289 g/mol. The van der Waals surface area contributed by atoms with E-state index in [0.717, 1.165) is 24.3 Å². The average molecular weight is 289 g/mol. The lowest BCUT2D eigenvalue weighted by Gasteiger charge is -2.21. The van der Waals surface area contributed by atoms with E-state index in [-0.39, 0.29) is 0 Å². The first-order valence-corrected chi connectivity index (χ1v) is 7.30. The number of aliphatic hydroxyl groups is 1. The van der Waals surface area contributed by atoms with Gasteiger partial charge in [-0.05, 0) is 43.2 Å². The molecule has 1 atom stereocenters. The molecule has 1 heterocycles. The summed E-state index contributed by atoms with van der Waals surface area (Å²) in [6, 6.07) is 11.5. The minimum Gasteiger partial charge on any atom is -0.494 e. The molecule has 0 radical (unpaired) electrons. The van der Waals surface area contributed by atoms with Crippen molar-refractivity contribution in [3.8, 4) is 5.75 Å².